The van der Waals surface area contributed by atoms with Crippen LogP contribution in [0.3, 0.4) is 0 Å². The minimum atomic E-state index is -0.371. The van der Waals surface area contributed by atoms with Gasteiger partial charge in [-0.3, -0.25) is 0 Å². The summed E-state index contributed by atoms with van der Waals surface area (Å²) in [4.78, 5) is 11.8. The van der Waals surface area contributed by atoms with Crippen LogP contribution in [-0.2, 0) is 9.53 Å². The largest absolute Gasteiger partial charge is 0.465 e. The zero-order valence-corrected chi connectivity index (χ0v) is 14.8. The number of aromatic nitrogens is 2. The topological polar surface area (TPSA) is 53.4 Å². The number of nitrogens with zero attached hydrogens (tertiary/aromatic N) is 2. The van der Waals surface area contributed by atoms with Crippen LogP contribution in [0.25, 0.3) is 11.3 Å². The van der Waals surface area contributed by atoms with E-state index in [4.69, 9.17) is 9.47 Å². The van der Waals surface area contributed by atoms with E-state index in [9.17, 15) is 4.79 Å². The van der Waals surface area contributed by atoms with Gasteiger partial charge in [0.25, 0.3) is 0 Å². The molecule has 0 unspecified atom stereocenters. The smallest absolute Gasteiger partial charge is 0.344 e. The number of aryl methyl sites for hydroxylation is 1. The second-order valence-corrected chi connectivity index (χ2v) is 6.08. The van der Waals surface area contributed by atoms with Crippen molar-refractivity contribution >= 4 is 11.5 Å². The van der Waals surface area contributed by atoms with Gasteiger partial charge in [0.2, 0.25) is 5.88 Å². The predicted octanol–water partition coefficient (Wildman–Crippen LogP) is 4.08. The summed E-state index contributed by atoms with van der Waals surface area (Å²) in [6.45, 7) is 4.00. The van der Waals surface area contributed by atoms with Gasteiger partial charge in [0.05, 0.1) is 23.6 Å². The Balaban J connectivity index is 2.00. The molecule has 5 heteroatoms. The van der Waals surface area contributed by atoms with E-state index in [0.717, 1.165) is 29.8 Å². The van der Waals surface area contributed by atoms with Gasteiger partial charge in [-0.15, -0.1) is 0 Å². The molecule has 2 aromatic rings. The van der Waals surface area contributed by atoms with E-state index in [1.165, 1.54) is 18.4 Å². The quantitative estimate of drug-likeness (QED) is 0.744. The minimum Gasteiger partial charge on any atom is -0.465 e. The molecule has 5 nitrogen and oxygen atoms in total. The van der Waals surface area contributed by atoms with Crippen LogP contribution in [0.15, 0.2) is 36.4 Å². The van der Waals surface area contributed by atoms with E-state index in [0.29, 0.717) is 12.5 Å². The number of allylic oxidation sites excluding steroid dienone is 2. The molecule has 3 rings (SSSR count). The van der Waals surface area contributed by atoms with Crippen molar-refractivity contribution in [2.45, 2.75) is 39.5 Å². The number of esters is 1. The Bertz CT molecular complexity index is 763. The number of rotatable bonds is 6. The molecule has 0 amide bonds. The summed E-state index contributed by atoms with van der Waals surface area (Å²) in [5.41, 5.74) is 4.08. The zero-order valence-electron chi connectivity index (χ0n) is 14.8. The fraction of sp³-hybridized carbons (Fsp3) is 0.400. The van der Waals surface area contributed by atoms with Crippen LogP contribution < -0.4 is 4.74 Å². The molecular formula is C20H24N2O3. The average Bonchev–Trinajstić information content (AvgIpc) is 2.98. The van der Waals surface area contributed by atoms with Crippen LogP contribution in [0, 0.1) is 6.92 Å². The number of hydrogen-bond donors (Lipinski definition) is 0. The van der Waals surface area contributed by atoms with Gasteiger partial charge < -0.3 is 9.47 Å². The molecule has 25 heavy (non-hydrogen) atoms. The molecule has 0 bridgehead atoms. The molecule has 0 fully saturated rings. The molecule has 0 atom stereocenters. The number of benzene rings is 1. The van der Waals surface area contributed by atoms with E-state index >= 15 is 0 Å². The first kappa shape index (κ1) is 17.3. The van der Waals surface area contributed by atoms with Crippen molar-refractivity contribution in [1.29, 1.82) is 0 Å². The zero-order chi connectivity index (χ0) is 17.6. The summed E-state index contributed by atoms with van der Waals surface area (Å²) in [7, 11) is 0. The fourth-order valence-electron chi connectivity index (χ4n) is 3.15. The van der Waals surface area contributed by atoms with E-state index in [2.05, 4.69) is 11.2 Å². The van der Waals surface area contributed by atoms with Crippen molar-refractivity contribution in [3.05, 3.63) is 47.7 Å². The van der Waals surface area contributed by atoms with Crippen LogP contribution in [0.4, 0.5) is 0 Å². The first-order chi connectivity index (χ1) is 12.2. The van der Waals surface area contributed by atoms with Gasteiger partial charge in [0, 0.05) is 0 Å². The average molecular weight is 340 g/mol. The van der Waals surface area contributed by atoms with Crippen molar-refractivity contribution in [1.82, 2.24) is 9.78 Å². The van der Waals surface area contributed by atoms with Gasteiger partial charge in [0.1, 0.15) is 0 Å². The Morgan fingerprint density at radius 3 is 2.72 bits per heavy atom. The molecule has 1 aliphatic rings. The first-order valence-electron chi connectivity index (χ1n) is 8.83. The second kappa shape index (κ2) is 8.01. The standard InChI is InChI=1S/C20H24N2O3/c1-3-24-18(23)14-25-20-19(16-10-6-4-7-11-16)15(2)21-22(20)17-12-8-5-9-13-17/h5,8-10,12-13H,3-4,6-7,11,14H2,1-2H3. The van der Waals surface area contributed by atoms with Crippen molar-refractivity contribution in [2.24, 2.45) is 0 Å². The molecular weight excluding hydrogens is 316 g/mol. The van der Waals surface area contributed by atoms with Crippen LogP contribution in [0.1, 0.15) is 43.9 Å². The molecule has 1 aromatic heterocycles. The Hall–Kier alpha value is -2.56. The SMILES string of the molecule is CCOC(=O)COc1c(C2=CCCCC2)c(C)nn1-c1ccccc1. The lowest BCUT2D eigenvalue weighted by atomic mass is 9.94. The highest BCUT2D eigenvalue weighted by atomic mass is 16.6. The third-order valence-corrected chi connectivity index (χ3v) is 4.26. The van der Waals surface area contributed by atoms with Gasteiger partial charge in [0.15, 0.2) is 6.61 Å². The van der Waals surface area contributed by atoms with Crippen molar-refractivity contribution in [3.63, 3.8) is 0 Å². The molecule has 0 spiro atoms. The maximum atomic E-state index is 11.8. The van der Waals surface area contributed by atoms with E-state index in [-0.39, 0.29) is 12.6 Å². The molecule has 0 saturated heterocycles. The summed E-state index contributed by atoms with van der Waals surface area (Å²) in [5, 5.41) is 4.68. The van der Waals surface area contributed by atoms with Gasteiger partial charge in [-0.1, -0.05) is 24.3 Å². The Morgan fingerprint density at radius 2 is 2.04 bits per heavy atom. The lowest BCUT2D eigenvalue weighted by Crippen LogP contribution is -2.16. The highest BCUT2D eigenvalue weighted by Gasteiger charge is 2.23. The van der Waals surface area contributed by atoms with Gasteiger partial charge in [-0.25, -0.2) is 9.48 Å². The summed E-state index contributed by atoms with van der Waals surface area (Å²) in [6, 6.07) is 9.83. The fourth-order valence-corrected chi connectivity index (χ4v) is 3.15. The molecule has 0 saturated carbocycles. The number of hydrogen-bond acceptors (Lipinski definition) is 4. The summed E-state index contributed by atoms with van der Waals surface area (Å²) in [5.74, 6) is 0.245. The molecule has 1 aromatic carbocycles. The molecule has 1 aliphatic carbocycles. The van der Waals surface area contributed by atoms with Gasteiger partial charge in [-0.2, -0.15) is 5.10 Å². The van der Waals surface area contributed by atoms with Gasteiger partial charge in [-0.05, 0) is 57.2 Å². The third-order valence-electron chi connectivity index (χ3n) is 4.26. The van der Waals surface area contributed by atoms with Gasteiger partial charge >= 0.3 is 5.97 Å². The predicted molar refractivity (Wildman–Crippen MR) is 96.9 cm³/mol. The number of carbonyl (C=O) groups is 1. The Kier molecular flexibility index (Phi) is 5.53. The monoisotopic (exact) mass is 340 g/mol. The lowest BCUT2D eigenvalue weighted by molar-refractivity contribution is -0.145. The summed E-state index contributed by atoms with van der Waals surface area (Å²) >= 11 is 0. The van der Waals surface area contributed by atoms with E-state index in [1.54, 1.807) is 11.6 Å². The highest BCUT2D eigenvalue weighted by Crippen LogP contribution is 2.36. The van der Waals surface area contributed by atoms with Crippen LogP contribution in [0.2, 0.25) is 0 Å². The molecule has 132 valence electrons. The molecule has 1 heterocycles. The Labute approximate surface area is 148 Å². The maximum Gasteiger partial charge on any atom is 0.344 e. The van der Waals surface area contributed by atoms with Crippen molar-refractivity contribution < 1.29 is 14.3 Å². The summed E-state index contributed by atoms with van der Waals surface area (Å²) in [6.07, 6.45) is 6.73. The van der Waals surface area contributed by atoms with E-state index in [1.807, 2.05) is 37.3 Å². The van der Waals surface area contributed by atoms with Crippen molar-refractivity contribution in [2.75, 3.05) is 13.2 Å². The minimum absolute atomic E-state index is 0.119. The molecule has 0 N–H and O–H groups in total. The normalized spacial score (nSPS) is 14.1. The van der Waals surface area contributed by atoms with Crippen LogP contribution >= 0.6 is 0 Å². The maximum absolute atomic E-state index is 11.8. The van der Waals surface area contributed by atoms with E-state index < -0.39 is 0 Å². The first-order valence-corrected chi connectivity index (χ1v) is 8.83. The lowest BCUT2D eigenvalue weighted by Gasteiger charge is -2.15. The number of carbonyl (C=O) groups excluding carboxylic acids is 1. The van der Waals surface area contributed by atoms with Crippen molar-refractivity contribution in [3.8, 4) is 11.6 Å². The summed E-state index contributed by atoms with van der Waals surface area (Å²) < 4.78 is 12.7. The van der Waals surface area contributed by atoms with Crippen LogP contribution in [-0.4, -0.2) is 29.0 Å². The third kappa shape index (κ3) is 3.92. The number of ether oxygens (including phenoxy) is 2. The number of para-hydroxylation sites is 1. The highest BCUT2D eigenvalue weighted by molar-refractivity contribution is 5.74. The second-order valence-electron chi connectivity index (χ2n) is 6.08. The Morgan fingerprint density at radius 1 is 1.24 bits per heavy atom. The molecule has 0 radical (unpaired) electrons. The van der Waals surface area contributed by atoms with Crippen LogP contribution in [0.5, 0.6) is 5.88 Å². The molecule has 0 aliphatic heterocycles.